The van der Waals surface area contributed by atoms with Crippen molar-refractivity contribution < 1.29 is 4.74 Å². The van der Waals surface area contributed by atoms with Gasteiger partial charge < -0.3 is 15.8 Å². The second kappa shape index (κ2) is 5.53. The van der Waals surface area contributed by atoms with Crippen LogP contribution in [0.1, 0.15) is 0 Å². The molecule has 0 unspecified atom stereocenters. The first-order valence-corrected chi connectivity index (χ1v) is 6.57. The fourth-order valence-electron chi connectivity index (χ4n) is 1.32. The van der Waals surface area contributed by atoms with E-state index in [2.05, 4.69) is 47.1 Å². The minimum Gasteiger partial charge on any atom is -0.497 e. The van der Waals surface area contributed by atoms with E-state index < -0.39 is 0 Å². The second-order valence-corrected chi connectivity index (χ2v) is 5.10. The molecule has 0 amide bonds. The molecule has 1 aromatic heterocycles. The number of nitrogens with two attached hydrogens (primary N) is 1. The molecular formula is C11H10Br2N4O. The highest BCUT2D eigenvalue weighted by Gasteiger charge is 2.07. The van der Waals surface area contributed by atoms with Crippen LogP contribution in [0.15, 0.2) is 33.3 Å². The van der Waals surface area contributed by atoms with Gasteiger partial charge in [0, 0.05) is 16.7 Å². The van der Waals surface area contributed by atoms with Gasteiger partial charge in [-0.05, 0) is 44.0 Å². The zero-order valence-electron chi connectivity index (χ0n) is 9.45. The predicted molar refractivity (Wildman–Crippen MR) is 78.1 cm³/mol. The molecule has 0 saturated heterocycles. The number of anilines is 3. The van der Waals surface area contributed by atoms with Gasteiger partial charge in [0.2, 0.25) is 5.95 Å². The number of nitrogens with one attached hydrogen (secondary N) is 1. The van der Waals surface area contributed by atoms with E-state index in [0.717, 1.165) is 20.4 Å². The summed E-state index contributed by atoms with van der Waals surface area (Å²) in [5.74, 6) is 1.55. The van der Waals surface area contributed by atoms with Crippen molar-refractivity contribution >= 4 is 49.3 Å². The average molecular weight is 374 g/mol. The van der Waals surface area contributed by atoms with Gasteiger partial charge in [-0.25, -0.2) is 4.98 Å². The highest BCUT2D eigenvalue weighted by Crippen LogP contribution is 2.31. The van der Waals surface area contributed by atoms with Crippen molar-refractivity contribution in [2.24, 2.45) is 0 Å². The number of hydrogen-bond acceptors (Lipinski definition) is 5. The first-order chi connectivity index (χ1) is 8.60. The summed E-state index contributed by atoms with van der Waals surface area (Å²) in [6.07, 6.45) is 1.60. The Balaban J connectivity index is 2.36. The fraction of sp³-hybridized carbons (Fsp3) is 0.0909. The molecule has 3 N–H and O–H groups in total. The van der Waals surface area contributed by atoms with Gasteiger partial charge in [-0.1, -0.05) is 0 Å². The van der Waals surface area contributed by atoms with E-state index in [9.17, 15) is 0 Å². The van der Waals surface area contributed by atoms with Crippen molar-refractivity contribution in [3.05, 3.63) is 33.3 Å². The van der Waals surface area contributed by atoms with Gasteiger partial charge in [-0.15, -0.1) is 0 Å². The number of hydrogen-bond donors (Lipinski definition) is 2. The van der Waals surface area contributed by atoms with E-state index in [1.54, 1.807) is 13.3 Å². The summed E-state index contributed by atoms with van der Waals surface area (Å²) in [7, 11) is 1.62. The molecule has 0 aliphatic carbocycles. The third kappa shape index (κ3) is 2.91. The minimum atomic E-state index is 0.208. The van der Waals surface area contributed by atoms with Crippen molar-refractivity contribution in [3.63, 3.8) is 0 Å². The molecule has 0 radical (unpaired) electrons. The molecule has 2 rings (SSSR count). The van der Waals surface area contributed by atoms with Gasteiger partial charge >= 0.3 is 0 Å². The highest BCUT2D eigenvalue weighted by atomic mass is 79.9. The Bertz CT molecular complexity index is 577. The van der Waals surface area contributed by atoms with Crippen LogP contribution in [-0.4, -0.2) is 17.1 Å². The van der Waals surface area contributed by atoms with Crippen LogP contribution in [0.4, 0.5) is 17.5 Å². The van der Waals surface area contributed by atoms with E-state index in [1.165, 1.54) is 0 Å². The Morgan fingerprint density at radius 2 is 2.06 bits per heavy atom. The number of benzene rings is 1. The molecule has 0 fully saturated rings. The standard InChI is InChI=1S/C11H10Br2N4O/c1-18-6-2-3-7(12)9(4-6)16-10-8(13)5-15-11(14)17-10/h2-5H,1H3,(H3,14,15,16,17). The van der Waals surface area contributed by atoms with Gasteiger partial charge in [0.1, 0.15) is 11.6 Å². The third-order valence-electron chi connectivity index (χ3n) is 2.19. The molecule has 2 aromatic rings. The van der Waals surface area contributed by atoms with Crippen LogP contribution < -0.4 is 15.8 Å². The number of halogens is 2. The first-order valence-electron chi connectivity index (χ1n) is 4.98. The molecule has 1 aromatic carbocycles. The summed E-state index contributed by atoms with van der Waals surface area (Å²) in [4.78, 5) is 7.99. The van der Waals surface area contributed by atoms with E-state index >= 15 is 0 Å². The molecule has 0 aliphatic heterocycles. The zero-order valence-corrected chi connectivity index (χ0v) is 12.6. The third-order valence-corrected chi connectivity index (χ3v) is 3.46. The van der Waals surface area contributed by atoms with E-state index in [1.807, 2.05) is 18.2 Å². The Morgan fingerprint density at radius 1 is 1.28 bits per heavy atom. The quantitative estimate of drug-likeness (QED) is 0.863. The molecule has 94 valence electrons. The summed E-state index contributed by atoms with van der Waals surface area (Å²) in [5.41, 5.74) is 6.38. The lowest BCUT2D eigenvalue weighted by atomic mass is 10.3. The number of ether oxygens (including phenoxy) is 1. The summed E-state index contributed by atoms with van der Waals surface area (Å²) in [5, 5.41) is 3.15. The summed E-state index contributed by atoms with van der Waals surface area (Å²) in [6, 6.07) is 5.60. The number of rotatable bonds is 3. The average Bonchev–Trinajstić information content (AvgIpc) is 2.36. The summed E-state index contributed by atoms with van der Waals surface area (Å²) >= 11 is 6.81. The van der Waals surface area contributed by atoms with Crippen LogP contribution in [0.5, 0.6) is 5.75 Å². The largest absolute Gasteiger partial charge is 0.497 e. The number of nitrogens with zero attached hydrogens (tertiary/aromatic N) is 2. The molecule has 0 spiro atoms. The van der Waals surface area contributed by atoms with Crippen LogP contribution in [-0.2, 0) is 0 Å². The van der Waals surface area contributed by atoms with Gasteiger partial charge in [0.05, 0.1) is 17.3 Å². The monoisotopic (exact) mass is 372 g/mol. The molecule has 0 atom stereocenters. The first kappa shape index (κ1) is 13.1. The Hall–Kier alpha value is -1.34. The fourth-order valence-corrected chi connectivity index (χ4v) is 1.96. The second-order valence-electron chi connectivity index (χ2n) is 3.40. The van der Waals surface area contributed by atoms with Crippen LogP contribution in [0, 0.1) is 0 Å². The topological polar surface area (TPSA) is 73.1 Å². The minimum absolute atomic E-state index is 0.208. The van der Waals surface area contributed by atoms with Crippen molar-refractivity contribution in [1.82, 2.24) is 9.97 Å². The Kier molecular flexibility index (Phi) is 4.03. The lowest BCUT2D eigenvalue weighted by Crippen LogP contribution is -2.01. The molecule has 7 heteroatoms. The maximum Gasteiger partial charge on any atom is 0.222 e. The molecule has 0 saturated carbocycles. The maximum absolute atomic E-state index is 5.56. The SMILES string of the molecule is COc1ccc(Br)c(Nc2nc(N)ncc2Br)c1. The van der Waals surface area contributed by atoms with Gasteiger partial charge in [-0.3, -0.25) is 0 Å². The van der Waals surface area contributed by atoms with Crippen molar-refractivity contribution in [1.29, 1.82) is 0 Å². The van der Waals surface area contributed by atoms with Crippen molar-refractivity contribution in [3.8, 4) is 5.75 Å². The molecular weight excluding hydrogens is 364 g/mol. The Labute approximate surface area is 121 Å². The smallest absolute Gasteiger partial charge is 0.222 e. The number of methoxy groups -OCH3 is 1. The molecule has 0 aliphatic rings. The normalized spacial score (nSPS) is 10.2. The lowest BCUT2D eigenvalue weighted by Gasteiger charge is -2.11. The van der Waals surface area contributed by atoms with Crippen molar-refractivity contribution in [2.45, 2.75) is 0 Å². The maximum atomic E-state index is 5.56. The number of aromatic nitrogens is 2. The van der Waals surface area contributed by atoms with Gasteiger partial charge in [0.25, 0.3) is 0 Å². The molecule has 18 heavy (non-hydrogen) atoms. The summed E-state index contributed by atoms with van der Waals surface area (Å²) in [6.45, 7) is 0. The zero-order chi connectivity index (χ0) is 13.1. The van der Waals surface area contributed by atoms with E-state index in [-0.39, 0.29) is 5.95 Å². The van der Waals surface area contributed by atoms with Crippen LogP contribution in [0.25, 0.3) is 0 Å². The van der Waals surface area contributed by atoms with E-state index in [4.69, 9.17) is 10.5 Å². The van der Waals surface area contributed by atoms with Gasteiger partial charge in [0.15, 0.2) is 0 Å². The van der Waals surface area contributed by atoms with E-state index in [0.29, 0.717) is 5.82 Å². The van der Waals surface area contributed by atoms with Crippen LogP contribution in [0.2, 0.25) is 0 Å². The summed E-state index contributed by atoms with van der Waals surface area (Å²) < 4.78 is 6.80. The molecule has 5 nitrogen and oxygen atoms in total. The van der Waals surface area contributed by atoms with Crippen LogP contribution >= 0.6 is 31.9 Å². The van der Waals surface area contributed by atoms with Crippen LogP contribution in [0.3, 0.4) is 0 Å². The predicted octanol–water partition coefficient (Wildman–Crippen LogP) is 3.34. The van der Waals surface area contributed by atoms with Crippen molar-refractivity contribution in [2.75, 3.05) is 18.2 Å². The lowest BCUT2D eigenvalue weighted by molar-refractivity contribution is 0.415. The Morgan fingerprint density at radius 3 is 2.78 bits per heavy atom. The number of nitrogen functional groups attached to an aromatic ring is 1. The van der Waals surface area contributed by atoms with Gasteiger partial charge in [-0.2, -0.15) is 4.98 Å². The molecule has 0 bridgehead atoms. The molecule has 1 heterocycles. The highest BCUT2D eigenvalue weighted by molar-refractivity contribution is 9.11.